The normalized spacial score (nSPS) is 9.91. The maximum absolute atomic E-state index is 5.52. The summed E-state index contributed by atoms with van der Waals surface area (Å²) in [6.07, 6.45) is 0. The molecule has 44 valence electrons. The highest BCUT2D eigenvalue weighted by molar-refractivity contribution is 7.80. The summed E-state index contributed by atoms with van der Waals surface area (Å²) in [6, 6.07) is 1.54. The number of hydrogen-bond acceptors (Lipinski definition) is 1. The summed E-state index contributed by atoms with van der Waals surface area (Å²) in [7, 11) is 22.0. The average Bonchev–Trinajstić information content (AvgIpc) is 1.97. The number of hydrogen-bond donors (Lipinski definition) is 1. The third-order valence-corrected chi connectivity index (χ3v) is 1.94. The monoisotopic (exact) mass is 150 g/mol. The molecule has 0 aliphatic rings. The third-order valence-electron chi connectivity index (χ3n) is 1.44. The molecule has 0 nitrogen and oxygen atoms in total. The molecule has 0 bridgehead atoms. The SMILES string of the molecule is [B]c1cc([B])c(S)c([B])c1[B]. The third kappa shape index (κ3) is 1.53. The lowest BCUT2D eigenvalue weighted by molar-refractivity contribution is 1.67. The van der Waals surface area contributed by atoms with Gasteiger partial charge in [-0.05, 0) is 4.90 Å². The second-order valence-electron chi connectivity index (χ2n) is 2.23. The number of rotatable bonds is 0. The van der Waals surface area contributed by atoms with Crippen LogP contribution in [0.3, 0.4) is 0 Å². The highest BCUT2D eigenvalue weighted by Crippen LogP contribution is 1.91. The van der Waals surface area contributed by atoms with E-state index in [1.54, 1.807) is 0 Å². The maximum Gasteiger partial charge on any atom is 0.115 e. The summed E-state index contributed by atoms with van der Waals surface area (Å²) >= 11 is 4.04. The van der Waals surface area contributed by atoms with Crippen LogP contribution in [-0.4, -0.2) is 31.4 Å². The quantitative estimate of drug-likeness (QED) is 0.298. The molecule has 1 rings (SSSR count). The second kappa shape index (κ2) is 3.06. The van der Waals surface area contributed by atoms with Gasteiger partial charge >= 0.3 is 0 Å². The Bertz CT molecular complexity index is 271. The lowest BCUT2D eigenvalue weighted by Gasteiger charge is -2.11. The van der Waals surface area contributed by atoms with Gasteiger partial charge in [-0.3, -0.25) is 0 Å². The molecular formula is C6H2B4S. The Kier molecular flexibility index (Phi) is 2.48. The van der Waals surface area contributed by atoms with Crippen molar-refractivity contribution < 1.29 is 0 Å². The van der Waals surface area contributed by atoms with Crippen LogP contribution in [0.5, 0.6) is 0 Å². The molecule has 0 heterocycles. The molecule has 0 amide bonds. The van der Waals surface area contributed by atoms with Gasteiger partial charge in [-0.1, -0.05) is 17.0 Å². The molecule has 0 fully saturated rings. The Hall–Kier alpha value is -0.170. The molecule has 1 aromatic rings. The van der Waals surface area contributed by atoms with Crippen LogP contribution >= 0.6 is 12.6 Å². The Morgan fingerprint density at radius 1 is 0.909 bits per heavy atom. The van der Waals surface area contributed by atoms with E-state index >= 15 is 0 Å². The highest BCUT2D eigenvalue weighted by atomic mass is 32.1. The highest BCUT2D eigenvalue weighted by Gasteiger charge is 2.01. The zero-order chi connectivity index (χ0) is 8.59. The van der Waals surface area contributed by atoms with E-state index in [0.717, 1.165) is 0 Å². The van der Waals surface area contributed by atoms with Crippen molar-refractivity contribution in [1.82, 2.24) is 0 Å². The first-order chi connectivity index (χ1) is 5.04. The first-order valence-corrected chi connectivity index (χ1v) is 3.40. The summed E-state index contributed by atoms with van der Waals surface area (Å²) in [5, 5.41) is 0. The van der Waals surface area contributed by atoms with E-state index in [2.05, 4.69) is 12.6 Å². The molecule has 8 radical (unpaired) electrons. The van der Waals surface area contributed by atoms with Crippen LogP contribution < -0.4 is 21.9 Å². The van der Waals surface area contributed by atoms with Crippen molar-refractivity contribution in [3.8, 4) is 0 Å². The van der Waals surface area contributed by atoms with E-state index in [-0.39, 0.29) is 0 Å². The molecule has 0 aromatic heterocycles. The van der Waals surface area contributed by atoms with Crippen LogP contribution in [0, 0.1) is 0 Å². The van der Waals surface area contributed by atoms with E-state index in [1.165, 1.54) is 6.07 Å². The van der Waals surface area contributed by atoms with Gasteiger partial charge in [-0.15, -0.1) is 23.6 Å². The Balaban J connectivity index is 3.46. The predicted molar refractivity (Wildman–Crippen MR) is 55.2 cm³/mol. The molecule has 0 saturated heterocycles. The van der Waals surface area contributed by atoms with Crippen LogP contribution in [0.1, 0.15) is 0 Å². The van der Waals surface area contributed by atoms with Crippen LogP contribution in [0.4, 0.5) is 0 Å². The van der Waals surface area contributed by atoms with Crippen LogP contribution in [0.15, 0.2) is 11.0 Å². The van der Waals surface area contributed by atoms with E-state index in [1.807, 2.05) is 0 Å². The molecule has 0 unspecified atom stereocenters. The lowest BCUT2D eigenvalue weighted by Crippen LogP contribution is -2.43. The van der Waals surface area contributed by atoms with Gasteiger partial charge in [-0.25, -0.2) is 0 Å². The fourth-order valence-corrected chi connectivity index (χ4v) is 0.937. The van der Waals surface area contributed by atoms with Crippen molar-refractivity contribution in [3.05, 3.63) is 6.07 Å². The molecule has 11 heavy (non-hydrogen) atoms. The van der Waals surface area contributed by atoms with E-state index in [0.29, 0.717) is 26.7 Å². The zero-order valence-electron chi connectivity index (χ0n) is 5.83. The van der Waals surface area contributed by atoms with Crippen molar-refractivity contribution in [2.45, 2.75) is 4.90 Å². The minimum absolute atomic E-state index is 0.337. The topological polar surface area (TPSA) is 0 Å². The molecule has 0 N–H and O–H groups in total. The van der Waals surface area contributed by atoms with Gasteiger partial charge < -0.3 is 0 Å². The molecular weight excluding hydrogens is 147 g/mol. The smallest absolute Gasteiger partial charge is 0.115 e. The van der Waals surface area contributed by atoms with Crippen molar-refractivity contribution in [3.63, 3.8) is 0 Å². The van der Waals surface area contributed by atoms with Gasteiger partial charge in [0.2, 0.25) is 0 Å². The van der Waals surface area contributed by atoms with Gasteiger partial charge in [0.05, 0.1) is 0 Å². The van der Waals surface area contributed by atoms with Gasteiger partial charge in [-0.2, -0.15) is 0 Å². The molecule has 1 aromatic carbocycles. The van der Waals surface area contributed by atoms with Gasteiger partial charge in [0, 0.05) is 0 Å². The molecule has 0 saturated carbocycles. The minimum Gasteiger partial charge on any atom is -0.145 e. The van der Waals surface area contributed by atoms with Gasteiger partial charge in [0.25, 0.3) is 0 Å². The van der Waals surface area contributed by atoms with Gasteiger partial charge in [0.15, 0.2) is 0 Å². The summed E-state index contributed by atoms with van der Waals surface area (Å²) in [5.74, 6) is 0. The molecule has 0 spiro atoms. The van der Waals surface area contributed by atoms with Crippen LogP contribution in [0.2, 0.25) is 0 Å². The summed E-state index contributed by atoms with van der Waals surface area (Å²) in [5.41, 5.74) is 1.50. The summed E-state index contributed by atoms with van der Waals surface area (Å²) in [4.78, 5) is 0.483. The zero-order valence-corrected chi connectivity index (χ0v) is 6.73. The minimum atomic E-state index is 0.337. The van der Waals surface area contributed by atoms with Crippen LogP contribution in [0.25, 0.3) is 0 Å². The van der Waals surface area contributed by atoms with E-state index in [4.69, 9.17) is 31.4 Å². The predicted octanol–water partition coefficient (Wildman–Crippen LogP) is -2.85. The molecule has 0 atom stereocenters. The molecule has 5 heteroatoms. The van der Waals surface area contributed by atoms with Gasteiger partial charge in [0.1, 0.15) is 31.4 Å². The lowest BCUT2D eigenvalue weighted by atomic mass is 9.69. The van der Waals surface area contributed by atoms with Crippen molar-refractivity contribution in [2.24, 2.45) is 0 Å². The van der Waals surface area contributed by atoms with Crippen LogP contribution in [-0.2, 0) is 0 Å². The second-order valence-corrected chi connectivity index (χ2v) is 2.68. The fraction of sp³-hybridized carbons (Fsp3) is 0. The Morgan fingerprint density at radius 3 is 2.00 bits per heavy atom. The van der Waals surface area contributed by atoms with Crippen molar-refractivity contribution in [2.75, 3.05) is 0 Å². The van der Waals surface area contributed by atoms with E-state index < -0.39 is 0 Å². The average molecular weight is 149 g/mol. The van der Waals surface area contributed by atoms with Crippen molar-refractivity contribution in [1.29, 1.82) is 0 Å². The molecule has 0 aliphatic heterocycles. The first kappa shape index (κ1) is 8.92. The fourth-order valence-electron chi connectivity index (χ4n) is 0.752. The summed E-state index contributed by atoms with van der Waals surface area (Å²) in [6.45, 7) is 0. The first-order valence-electron chi connectivity index (χ1n) is 2.96. The number of benzene rings is 1. The largest absolute Gasteiger partial charge is 0.145 e. The van der Waals surface area contributed by atoms with E-state index in [9.17, 15) is 0 Å². The summed E-state index contributed by atoms with van der Waals surface area (Å²) < 4.78 is 0. The maximum atomic E-state index is 5.52. The number of thiol groups is 1. The standard InChI is InChI=1S/C6H2B4S/c7-2-1-3(8)6(11)5(10)4(2)9/h1,11H. The van der Waals surface area contributed by atoms with Crippen molar-refractivity contribution >= 4 is 65.9 Å². The Morgan fingerprint density at radius 2 is 1.45 bits per heavy atom. The molecule has 0 aliphatic carbocycles. The Labute approximate surface area is 77.2 Å².